The van der Waals surface area contributed by atoms with Crippen LogP contribution in [0.2, 0.25) is 0 Å². The molecule has 1 saturated heterocycles. The van der Waals surface area contributed by atoms with Crippen molar-refractivity contribution in [2.45, 2.75) is 98.0 Å². The molecule has 0 radical (unpaired) electrons. The molecular weight excluding hydrogens is 619 g/mol. The Labute approximate surface area is 257 Å². The van der Waals surface area contributed by atoms with Crippen LogP contribution in [0, 0.1) is 0 Å². The number of sulfone groups is 1. The molecule has 0 saturated carbocycles. The first kappa shape index (κ1) is 30.5. The van der Waals surface area contributed by atoms with E-state index in [2.05, 4.69) is 19.1 Å². The van der Waals surface area contributed by atoms with Crippen LogP contribution in [0.4, 0.5) is 0 Å². The Kier molecular flexibility index (Phi) is 10.1. The molecular formula is C29H33NO6S5. The Morgan fingerprint density at radius 1 is 0.878 bits per heavy atom. The van der Waals surface area contributed by atoms with Gasteiger partial charge in [0.25, 0.3) is 11.8 Å². The van der Waals surface area contributed by atoms with Crippen molar-refractivity contribution in [1.29, 1.82) is 0 Å². The second-order valence-corrected chi connectivity index (χ2v) is 16.8. The molecule has 0 aliphatic carbocycles. The number of amides is 2. The molecule has 0 spiro atoms. The van der Waals surface area contributed by atoms with Gasteiger partial charge in [-0.2, -0.15) is 0 Å². The minimum absolute atomic E-state index is 0.0677. The van der Waals surface area contributed by atoms with Gasteiger partial charge in [-0.1, -0.05) is 39.0 Å². The summed E-state index contributed by atoms with van der Waals surface area (Å²) in [6, 6.07) is 7.84. The third-order valence-electron chi connectivity index (χ3n) is 7.05. The summed E-state index contributed by atoms with van der Waals surface area (Å²) < 4.78 is 27.9. The summed E-state index contributed by atoms with van der Waals surface area (Å²) in [5.41, 5.74) is 0. The summed E-state index contributed by atoms with van der Waals surface area (Å²) in [6.45, 7) is 2.24. The summed E-state index contributed by atoms with van der Waals surface area (Å²) in [6.07, 6.45) is 9.76. The van der Waals surface area contributed by atoms with E-state index in [1.807, 2.05) is 17.8 Å². The normalized spacial score (nSPS) is 15.5. The van der Waals surface area contributed by atoms with Gasteiger partial charge < -0.3 is 4.84 Å². The predicted octanol–water partition coefficient (Wildman–Crippen LogP) is 8.12. The summed E-state index contributed by atoms with van der Waals surface area (Å²) in [5, 5.41) is 0.566. The second-order valence-electron chi connectivity index (χ2n) is 10.2. The molecule has 5 heterocycles. The first-order valence-corrected chi connectivity index (χ1v) is 19.0. The van der Waals surface area contributed by atoms with Gasteiger partial charge in [0, 0.05) is 33.9 Å². The maximum atomic E-state index is 13.3. The van der Waals surface area contributed by atoms with Gasteiger partial charge in [0.1, 0.15) is 0 Å². The van der Waals surface area contributed by atoms with Crippen LogP contribution in [0.3, 0.4) is 0 Å². The van der Waals surface area contributed by atoms with Crippen LogP contribution in [0.5, 0.6) is 0 Å². The summed E-state index contributed by atoms with van der Waals surface area (Å²) in [4.78, 5) is 45.6. The average Bonchev–Trinajstić information content (AvgIpc) is 3.75. The molecule has 2 aliphatic heterocycles. The lowest BCUT2D eigenvalue weighted by Gasteiger charge is -2.12. The lowest BCUT2D eigenvalue weighted by atomic mass is 10.1. The van der Waals surface area contributed by atoms with Crippen molar-refractivity contribution in [3.63, 3.8) is 0 Å². The van der Waals surface area contributed by atoms with Gasteiger partial charge in [0.05, 0.1) is 23.8 Å². The molecule has 0 atom stereocenters. The van der Waals surface area contributed by atoms with Gasteiger partial charge in [0.2, 0.25) is 9.84 Å². The molecule has 7 nitrogen and oxygen atoms in total. The van der Waals surface area contributed by atoms with Crippen LogP contribution in [0.25, 0.3) is 19.5 Å². The molecule has 12 heteroatoms. The van der Waals surface area contributed by atoms with E-state index in [9.17, 15) is 22.8 Å². The fourth-order valence-electron chi connectivity index (χ4n) is 4.83. The predicted molar refractivity (Wildman–Crippen MR) is 165 cm³/mol. The minimum atomic E-state index is -3.54. The van der Waals surface area contributed by atoms with Crippen LogP contribution in [0.15, 0.2) is 38.3 Å². The number of imide groups is 1. The van der Waals surface area contributed by atoms with E-state index in [1.165, 1.54) is 54.1 Å². The van der Waals surface area contributed by atoms with Crippen LogP contribution in [0.1, 0.15) is 82.4 Å². The van der Waals surface area contributed by atoms with Crippen molar-refractivity contribution in [2.75, 3.05) is 5.75 Å². The Hall–Kier alpha value is -1.99. The van der Waals surface area contributed by atoms with E-state index in [-0.39, 0.29) is 19.3 Å². The standard InChI is InChI=1S/C29H33NO6S5/c1-2-3-4-5-6-9-16-37-27-15-12-20(39-27)21-18-23-29(40-21)28-22(41(23,34)35)17-19(38-28)10-7-8-11-26(33)36-30-24(31)13-14-25(30)32/h12,15,17-18H,2-11,13-14,16H2,1H3. The zero-order chi connectivity index (χ0) is 29.0. The van der Waals surface area contributed by atoms with E-state index in [1.54, 1.807) is 28.7 Å². The number of thioether (sulfide) groups is 1. The summed E-state index contributed by atoms with van der Waals surface area (Å²) in [7, 11) is -3.54. The quantitative estimate of drug-likeness (QED) is 0.0727. The smallest absolute Gasteiger partial charge is 0.330 e. The highest BCUT2D eigenvalue weighted by molar-refractivity contribution is 8.01. The van der Waals surface area contributed by atoms with Crippen LogP contribution in [-0.2, 0) is 35.5 Å². The zero-order valence-electron chi connectivity index (χ0n) is 22.9. The van der Waals surface area contributed by atoms with Crippen molar-refractivity contribution < 1.29 is 27.6 Å². The number of hydrogen-bond acceptors (Lipinski definition) is 10. The number of hydrogen-bond donors (Lipinski definition) is 0. The Balaban J connectivity index is 1.14. The first-order valence-electron chi connectivity index (χ1n) is 14.1. The maximum Gasteiger partial charge on any atom is 0.333 e. The molecule has 220 valence electrons. The number of carbonyl (C=O) groups excluding carboxylic acids is 3. The highest BCUT2D eigenvalue weighted by Crippen LogP contribution is 2.54. The van der Waals surface area contributed by atoms with Crippen molar-refractivity contribution >= 4 is 73.4 Å². The number of unbranched alkanes of at least 4 members (excludes halogenated alkanes) is 6. The third-order valence-corrected chi connectivity index (χ3v) is 14.2. The van der Waals surface area contributed by atoms with Crippen molar-refractivity contribution in [3.05, 3.63) is 29.1 Å². The topological polar surface area (TPSA) is 97.8 Å². The average molecular weight is 652 g/mol. The Bertz CT molecular complexity index is 1520. The monoisotopic (exact) mass is 651 g/mol. The van der Waals surface area contributed by atoms with E-state index in [0.717, 1.165) is 30.1 Å². The van der Waals surface area contributed by atoms with Gasteiger partial charge in [-0.25, -0.2) is 13.2 Å². The fourth-order valence-corrected chi connectivity index (χ4v) is 12.1. The van der Waals surface area contributed by atoms with Crippen molar-refractivity contribution in [2.24, 2.45) is 0 Å². The number of fused-ring (bicyclic) bond motifs is 3. The number of rotatable bonds is 15. The van der Waals surface area contributed by atoms with Crippen molar-refractivity contribution in [3.8, 4) is 19.5 Å². The third kappa shape index (κ3) is 6.98. The number of nitrogens with zero attached hydrogens (tertiary/aromatic N) is 1. The van der Waals surface area contributed by atoms with Crippen LogP contribution in [-0.4, -0.2) is 37.0 Å². The van der Waals surface area contributed by atoms with Gasteiger partial charge in [0.15, 0.2) is 0 Å². The highest BCUT2D eigenvalue weighted by atomic mass is 32.2. The van der Waals surface area contributed by atoms with E-state index in [4.69, 9.17) is 4.84 Å². The van der Waals surface area contributed by atoms with Crippen LogP contribution >= 0.6 is 45.8 Å². The number of aryl methyl sites for hydroxylation is 1. The molecule has 2 aliphatic rings. The molecule has 0 bridgehead atoms. The second kappa shape index (κ2) is 13.5. The van der Waals surface area contributed by atoms with Crippen LogP contribution < -0.4 is 0 Å². The molecule has 3 aromatic heterocycles. The van der Waals surface area contributed by atoms with Crippen molar-refractivity contribution in [1.82, 2.24) is 5.06 Å². The molecule has 0 N–H and O–H groups in total. The number of thiophene rings is 3. The van der Waals surface area contributed by atoms with Gasteiger partial charge in [-0.15, -0.1) is 50.8 Å². The van der Waals surface area contributed by atoms with E-state index in [0.29, 0.717) is 34.1 Å². The Morgan fingerprint density at radius 3 is 2.37 bits per heavy atom. The summed E-state index contributed by atoms with van der Waals surface area (Å²) >= 11 is 6.67. The lowest BCUT2D eigenvalue weighted by molar-refractivity contribution is -0.197. The number of carbonyl (C=O) groups is 3. The molecule has 3 aromatic rings. The molecule has 41 heavy (non-hydrogen) atoms. The highest BCUT2D eigenvalue weighted by Gasteiger charge is 2.38. The molecule has 0 unspecified atom stereocenters. The van der Waals surface area contributed by atoms with Gasteiger partial charge >= 0.3 is 5.97 Å². The van der Waals surface area contributed by atoms with E-state index < -0.39 is 27.6 Å². The molecule has 2 amide bonds. The van der Waals surface area contributed by atoms with Gasteiger partial charge in [-0.3, -0.25) is 9.59 Å². The van der Waals surface area contributed by atoms with Gasteiger partial charge in [-0.05, 0) is 55.7 Å². The first-order chi connectivity index (χ1) is 19.8. The molecule has 5 rings (SSSR count). The maximum absolute atomic E-state index is 13.3. The Morgan fingerprint density at radius 2 is 1.59 bits per heavy atom. The minimum Gasteiger partial charge on any atom is -0.330 e. The summed E-state index contributed by atoms with van der Waals surface area (Å²) in [5.74, 6) is -0.480. The number of hydroxylamine groups is 2. The zero-order valence-corrected chi connectivity index (χ0v) is 27.0. The molecule has 1 fully saturated rings. The SMILES string of the molecule is CCCCCCCCSc1ccc(-c2cc3c(s2)-c2sc(CCCCC(=O)ON4C(=O)CCC4=O)cc2S3(=O)=O)s1. The van der Waals surface area contributed by atoms with E-state index >= 15 is 0 Å². The largest absolute Gasteiger partial charge is 0.333 e. The lowest BCUT2D eigenvalue weighted by Crippen LogP contribution is -2.31. The fraction of sp³-hybridized carbons (Fsp3) is 0.483. The molecule has 0 aromatic carbocycles.